The third-order valence-corrected chi connectivity index (χ3v) is 7.46. The number of aryl methyl sites for hydroxylation is 1. The van der Waals surface area contributed by atoms with Crippen LogP contribution >= 0.6 is 0 Å². The average Bonchev–Trinajstić information content (AvgIpc) is 3.46. The highest BCUT2D eigenvalue weighted by Gasteiger charge is 2.36. The molecule has 6 rings (SSSR count). The van der Waals surface area contributed by atoms with Crippen LogP contribution in [0.15, 0.2) is 18.3 Å². The molecular formula is C23H32N12O. The van der Waals surface area contributed by atoms with E-state index in [1.807, 2.05) is 18.0 Å². The predicted molar refractivity (Wildman–Crippen MR) is 132 cm³/mol. The monoisotopic (exact) mass is 492 g/mol. The molecule has 3 aliphatic rings. The molecule has 13 nitrogen and oxygen atoms in total. The van der Waals surface area contributed by atoms with Crippen LogP contribution in [0.2, 0.25) is 0 Å². The third kappa shape index (κ3) is 4.82. The quantitative estimate of drug-likeness (QED) is 0.450. The Kier molecular flexibility index (Phi) is 5.89. The molecule has 3 aromatic heterocycles. The van der Waals surface area contributed by atoms with Gasteiger partial charge in [0.2, 0.25) is 5.95 Å². The van der Waals surface area contributed by atoms with Crippen molar-refractivity contribution in [2.75, 3.05) is 30.4 Å². The number of urea groups is 1. The second-order valence-electron chi connectivity index (χ2n) is 10.2. The van der Waals surface area contributed by atoms with Crippen LogP contribution in [0.4, 0.5) is 22.4 Å². The summed E-state index contributed by atoms with van der Waals surface area (Å²) in [5, 5.41) is 26.1. The van der Waals surface area contributed by atoms with Crippen LogP contribution in [0.25, 0.3) is 0 Å². The second-order valence-corrected chi connectivity index (χ2v) is 10.2. The Hall–Kier alpha value is -3.77. The first-order valence-corrected chi connectivity index (χ1v) is 12.7. The van der Waals surface area contributed by atoms with E-state index in [0.717, 1.165) is 37.3 Å². The summed E-state index contributed by atoms with van der Waals surface area (Å²) in [6.07, 6.45) is 8.04. The van der Waals surface area contributed by atoms with Crippen LogP contribution in [-0.2, 0) is 7.05 Å². The standard InChI is InChI=1S/C23H32N12O/c1-33(22-24-10-9-19(27-22)26-20-11-18(28-29-20)14-3-4-14)17-7-5-16(6-8-17)25-23(36)35-12-15(13-35)21-30-32-34(2)31-21/h9-11,14-17H,3-8,12-13H2,1-2H3,(H,25,36)(H2,24,26,27,28,29)/t16-,17-. The molecule has 0 atom stereocenters. The van der Waals surface area contributed by atoms with Gasteiger partial charge in [-0.25, -0.2) is 9.78 Å². The van der Waals surface area contributed by atoms with E-state index in [2.05, 4.69) is 52.2 Å². The molecule has 0 spiro atoms. The molecule has 4 heterocycles. The Labute approximate surface area is 209 Å². The zero-order valence-corrected chi connectivity index (χ0v) is 20.6. The number of aromatic nitrogens is 8. The number of nitrogens with zero attached hydrogens (tertiary/aromatic N) is 9. The lowest BCUT2D eigenvalue weighted by molar-refractivity contribution is 0.142. The van der Waals surface area contributed by atoms with Gasteiger partial charge in [-0.15, -0.1) is 10.2 Å². The van der Waals surface area contributed by atoms with E-state index < -0.39 is 0 Å². The number of carbonyl (C=O) groups is 1. The van der Waals surface area contributed by atoms with Crippen LogP contribution in [0.5, 0.6) is 0 Å². The fourth-order valence-corrected chi connectivity index (χ4v) is 5.03. The van der Waals surface area contributed by atoms with E-state index in [9.17, 15) is 4.79 Å². The fraction of sp³-hybridized carbons (Fsp3) is 0.609. The highest BCUT2D eigenvalue weighted by molar-refractivity contribution is 5.75. The molecule has 0 bridgehead atoms. The maximum absolute atomic E-state index is 12.7. The molecule has 190 valence electrons. The van der Waals surface area contributed by atoms with Gasteiger partial charge in [-0.05, 0) is 49.8 Å². The van der Waals surface area contributed by atoms with E-state index in [1.54, 1.807) is 13.2 Å². The summed E-state index contributed by atoms with van der Waals surface area (Å²) in [5.41, 5.74) is 1.18. The Morgan fingerprint density at radius 1 is 1.11 bits per heavy atom. The molecule has 0 radical (unpaired) electrons. The summed E-state index contributed by atoms with van der Waals surface area (Å²) in [6, 6.07) is 4.43. The Bertz CT molecular complexity index is 1210. The first-order chi connectivity index (χ1) is 17.5. The van der Waals surface area contributed by atoms with Gasteiger partial charge in [0, 0.05) is 56.1 Å². The van der Waals surface area contributed by atoms with Crippen LogP contribution in [0.1, 0.15) is 61.9 Å². The predicted octanol–water partition coefficient (Wildman–Crippen LogP) is 1.90. The van der Waals surface area contributed by atoms with Crippen molar-refractivity contribution in [1.29, 1.82) is 0 Å². The van der Waals surface area contributed by atoms with Crippen molar-refractivity contribution in [3.63, 3.8) is 0 Å². The summed E-state index contributed by atoms with van der Waals surface area (Å²) in [6.45, 7) is 1.27. The molecule has 13 heteroatoms. The van der Waals surface area contributed by atoms with Gasteiger partial charge in [0.15, 0.2) is 11.6 Å². The number of rotatable bonds is 7. The summed E-state index contributed by atoms with van der Waals surface area (Å²) in [7, 11) is 3.79. The number of carbonyl (C=O) groups excluding carboxylic acids is 1. The minimum atomic E-state index is -0.00253. The van der Waals surface area contributed by atoms with Crippen molar-refractivity contribution < 1.29 is 4.79 Å². The number of amides is 2. The lowest BCUT2D eigenvalue weighted by atomic mass is 9.90. The number of hydrogen-bond donors (Lipinski definition) is 3. The molecule has 1 aliphatic heterocycles. The van der Waals surface area contributed by atoms with Gasteiger partial charge in [-0.3, -0.25) is 5.10 Å². The van der Waals surface area contributed by atoms with E-state index >= 15 is 0 Å². The number of hydrogen-bond acceptors (Lipinski definition) is 9. The minimum Gasteiger partial charge on any atom is -0.341 e. The lowest BCUT2D eigenvalue weighted by Gasteiger charge is -2.40. The normalized spacial score (nSPS) is 22.2. The SMILES string of the molecule is Cn1nnc(C2CN(C(=O)N[C@H]3CC[C@H](N(C)c4nccc(Nc5cc(C6CC6)[nH]n5)n4)CC3)C2)n1. The number of aromatic amines is 1. The first kappa shape index (κ1) is 22.7. The Morgan fingerprint density at radius 3 is 2.64 bits per heavy atom. The molecule has 0 aromatic carbocycles. The molecule has 0 unspecified atom stereocenters. The number of H-pyrrole nitrogens is 1. The molecule has 2 amide bonds. The van der Waals surface area contributed by atoms with E-state index in [-0.39, 0.29) is 18.0 Å². The van der Waals surface area contributed by atoms with Crippen molar-refractivity contribution in [3.05, 3.63) is 29.8 Å². The maximum Gasteiger partial charge on any atom is 0.317 e. The molecule has 2 aliphatic carbocycles. The van der Waals surface area contributed by atoms with Crippen molar-refractivity contribution in [2.45, 2.75) is 62.4 Å². The molecule has 2 saturated carbocycles. The maximum atomic E-state index is 12.7. The van der Waals surface area contributed by atoms with Crippen LogP contribution in [0, 0.1) is 0 Å². The molecule has 1 saturated heterocycles. The van der Waals surface area contributed by atoms with Gasteiger partial charge in [0.05, 0.1) is 13.0 Å². The van der Waals surface area contributed by atoms with Crippen molar-refractivity contribution in [2.24, 2.45) is 7.05 Å². The minimum absolute atomic E-state index is 0.00253. The van der Waals surface area contributed by atoms with Gasteiger partial charge < -0.3 is 20.4 Å². The fourth-order valence-electron chi connectivity index (χ4n) is 5.03. The van der Waals surface area contributed by atoms with Crippen molar-refractivity contribution >= 4 is 23.6 Å². The summed E-state index contributed by atoms with van der Waals surface area (Å²) >= 11 is 0. The summed E-state index contributed by atoms with van der Waals surface area (Å²) < 4.78 is 0. The first-order valence-electron chi connectivity index (χ1n) is 12.7. The van der Waals surface area contributed by atoms with E-state index in [1.165, 1.54) is 23.3 Å². The van der Waals surface area contributed by atoms with Gasteiger partial charge in [0.25, 0.3) is 0 Å². The van der Waals surface area contributed by atoms with Gasteiger partial charge >= 0.3 is 6.03 Å². The summed E-state index contributed by atoms with van der Waals surface area (Å²) in [4.78, 5) is 27.3. The zero-order valence-electron chi connectivity index (χ0n) is 20.6. The Balaban J connectivity index is 0.971. The average molecular weight is 493 g/mol. The van der Waals surface area contributed by atoms with E-state index in [4.69, 9.17) is 4.98 Å². The van der Waals surface area contributed by atoms with E-state index in [0.29, 0.717) is 36.8 Å². The van der Waals surface area contributed by atoms with Gasteiger partial charge in [0.1, 0.15) is 5.82 Å². The highest BCUT2D eigenvalue weighted by Crippen LogP contribution is 2.39. The molecule has 3 aromatic rings. The number of likely N-dealkylation sites (tertiary alicyclic amines) is 1. The smallest absolute Gasteiger partial charge is 0.317 e. The number of tetrazole rings is 1. The number of anilines is 3. The zero-order chi connectivity index (χ0) is 24.6. The molecule has 36 heavy (non-hydrogen) atoms. The molecule has 3 fully saturated rings. The largest absolute Gasteiger partial charge is 0.341 e. The summed E-state index contributed by atoms with van der Waals surface area (Å²) in [5.74, 6) is 3.71. The molecular weight excluding hydrogens is 460 g/mol. The van der Waals surface area contributed by atoms with Gasteiger partial charge in [-0.2, -0.15) is 14.9 Å². The Morgan fingerprint density at radius 2 is 1.92 bits per heavy atom. The highest BCUT2D eigenvalue weighted by atomic mass is 16.2. The second kappa shape index (κ2) is 9.36. The van der Waals surface area contributed by atoms with Crippen LogP contribution < -0.4 is 15.5 Å². The number of nitrogens with one attached hydrogen (secondary N) is 3. The van der Waals surface area contributed by atoms with Gasteiger partial charge in [-0.1, -0.05) is 0 Å². The van der Waals surface area contributed by atoms with Crippen LogP contribution in [-0.4, -0.2) is 83.5 Å². The lowest BCUT2D eigenvalue weighted by Crippen LogP contribution is -2.55. The molecule has 3 N–H and O–H groups in total. The van der Waals surface area contributed by atoms with Crippen molar-refractivity contribution in [3.8, 4) is 0 Å². The van der Waals surface area contributed by atoms with Crippen LogP contribution in [0.3, 0.4) is 0 Å². The topological polar surface area (TPSA) is 146 Å². The van der Waals surface area contributed by atoms with Crippen molar-refractivity contribution in [1.82, 2.24) is 50.6 Å². The third-order valence-electron chi connectivity index (χ3n) is 7.46.